The Hall–Kier alpha value is -3.07. The molecule has 1 atom stereocenters. The van der Waals surface area contributed by atoms with Crippen LogP contribution in [0.5, 0.6) is 0 Å². The molecule has 0 aliphatic heterocycles. The van der Waals surface area contributed by atoms with Gasteiger partial charge in [-0.2, -0.15) is 0 Å². The average molecular weight is 534 g/mol. The number of halogens is 2. The molecule has 0 saturated heterocycles. The van der Waals surface area contributed by atoms with Gasteiger partial charge in [0.25, 0.3) is 10.0 Å². The van der Waals surface area contributed by atoms with Crippen molar-refractivity contribution >= 4 is 50.7 Å². The SMILES string of the molecule is CNC(=O)[C@H](C)N(Cc1cccc(Cl)c1)C(=O)CN(c1ccccc1)S(=O)(=O)c1ccc(Cl)cc1. The minimum Gasteiger partial charge on any atom is -0.357 e. The highest BCUT2D eigenvalue weighted by Gasteiger charge is 2.32. The summed E-state index contributed by atoms with van der Waals surface area (Å²) in [5.41, 5.74) is 1.01. The fraction of sp³-hybridized carbons (Fsp3) is 0.200. The Morgan fingerprint density at radius 3 is 2.17 bits per heavy atom. The second kappa shape index (κ2) is 11.6. The van der Waals surface area contributed by atoms with Crippen LogP contribution in [0.4, 0.5) is 5.69 Å². The van der Waals surface area contributed by atoms with E-state index in [4.69, 9.17) is 23.2 Å². The molecule has 0 fully saturated rings. The van der Waals surface area contributed by atoms with E-state index in [9.17, 15) is 18.0 Å². The van der Waals surface area contributed by atoms with Gasteiger partial charge in [0.05, 0.1) is 10.6 Å². The maximum atomic E-state index is 13.6. The molecule has 0 aromatic heterocycles. The van der Waals surface area contributed by atoms with E-state index >= 15 is 0 Å². The number of benzene rings is 3. The van der Waals surface area contributed by atoms with Crippen molar-refractivity contribution in [1.29, 1.82) is 0 Å². The van der Waals surface area contributed by atoms with Crippen LogP contribution in [-0.2, 0) is 26.2 Å². The normalized spacial score (nSPS) is 12.0. The lowest BCUT2D eigenvalue weighted by Gasteiger charge is -2.31. The maximum absolute atomic E-state index is 13.6. The highest BCUT2D eigenvalue weighted by Crippen LogP contribution is 2.25. The molecule has 3 rings (SSSR count). The van der Waals surface area contributed by atoms with Crippen molar-refractivity contribution in [2.45, 2.75) is 24.4 Å². The molecule has 0 bridgehead atoms. The van der Waals surface area contributed by atoms with Crippen LogP contribution in [-0.4, -0.2) is 44.8 Å². The van der Waals surface area contributed by atoms with Crippen molar-refractivity contribution in [3.8, 4) is 0 Å². The van der Waals surface area contributed by atoms with E-state index in [1.807, 2.05) is 0 Å². The lowest BCUT2D eigenvalue weighted by atomic mass is 10.1. The molecule has 0 unspecified atom stereocenters. The van der Waals surface area contributed by atoms with E-state index in [0.717, 1.165) is 4.31 Å². The number of para-hydroxylation sites is 1. The zero-order valence-corrected chi connectivity index (χ0v) is 21.5. The van der Waals surface area contributed by atoms with Crippen LogP contribution in [0.2, 0.25) is 10.0 Å². The summed E-state index contributed by atoms with van der Waals surface area (Å²) in [5, 5.41) is 3.41. The minimum atomic E-state index is -4.13. The quantitative estimate of drug-likeness (QED) is 0.442. The summed E-state index contributed by atoms with van der Waals surface area (Å²) in [6.07, 6.45) is 0. The third kappa shape index (κ3) is 6.54. The summed E-state index contributed by atoms with van der Waals surface area (Å²) in [6.45, 7) is 1.14. The van der Waals surface area contributed by atoms with Gasteiger partial charge < -0.3 is 10.2 Å². The predicted octanol–water partition coefficient (Wildman–Crippen LogP) is 4.35. The first-order valence-electron chi connectivity index (χ1n) is 10.7. The second-order valence-corrected chi connectivity index (χ2v) is 10.5. The first-order chi connectivity index (χ1) is 16.6. The van der Waals surface area contributed by atoms with Gasteiger partial charge in [-0.25, -0.2) is 8.42 Å². The van der Waals surface area contributed by atoms with E-state index in [1.165, 1.54) is 36.2 Å². The Bertz CT molecular complexity index is 1290. The van der Waals surface area contributed by atoms with Crippen LogP contribution >= 0.6 is 23.2 Å². The Morgan fingerprint density at radius 2 is 1.57 bits per heavy atom. The van der Waals surface area contributed by atoms with E-state index in [1.54, 1.807) is 61.5 Å². The molecule has 3 aromatic carbocycles. The van der Waals surface area contributed by atoms with Crippen LogP contribution in [0, 0.1) is 0 Å². The van der Waals surface area contributed by atoms with Crippen molar-refractivity contribution in [1.82, 2.24) is 10.2 Å². The third-order valence-electron chi connectivity index (χ3n) is 5.38. The van der Waals surface area contributed by atoms with Crippen molar-refractivity contribution in [3.05, 3.63) is 94.5 Å². The van der Waals surface area contributed by atoms with Crippen LogP contribution < -0.4 is 9.62 Å². The molecule has 7 nitrogen and oxygen atoms in total. The summed E-state index contributed by atoms with van der Waals surface area (Å²) in [4.78, 5) is 27.4. The molecule has 0 spiro atoms. The molecule has 10 heteroatoms. The molecule has 1 N–H and O–H groups in total. The van der Waals surface area contributed by atoms with Crippen molar-refractivity contribution in [2.75, 3.05) is 17.9 Å². The van der Waals surface area contributed by atoms with E-state index in [-0.39, 0.29) is 17.3 Å². The second-order valence-electron chi connectivity index (χ2n) is 7.74. The molecular formula is C25H25Cl2N3O4S. The number of sulfonamides is 1. The first kappa shape index (κ1) is 26.5. The maximum Gasteiger partial charge on any atom is 0.264 e. The number of nitrogens with one attached hydrogen (secondary N) is 1. The third-order valence-corrected chi connectivity index (χ3v) is 7.66. The zero-order valence-electron chi connectivity index (χ0n) is 19.2. The summed E-state index contributed by atoms with van der Waals surface area (Å²) in [5.74, 6) is -0.935. The number of nitrogens with zero attached hydrogens (tertiary/aromatic N) is 2. The van der Waals surface area contributed by atoms with E-state index < -0.39 is 28.5 Å². The number of carbonyl (C=O) groups is 2. The van der Waals surface area contributed by atoms with Gasteiger partial charge in [0.15, 0.2) is 0 Å². The molecule has 2 amide bonds. The largest absolute Gasteiger partial charge is 0.357 e. The molecule has 184 valence electrons. The smallest absolute Gasteiger partial charge is 0.264 e. The summed E-state index contributed by atoms with van der Waals surface area (Å²) in [7, 11) is -2.65. The summed E-state index contributed by atoms with van der Waals surface area (Å²) >= 11 is 12.0. The monoisotopic (exact) mass is 533 g/mol. The van der Waals surface area contributed by atoms with Gasteiger partial charge >= 0.3 is 0 Å². The Morgan fingerprint density at radius 1 is 0.914 bits per heavy atom. The van der Waals surface area contributed by atoms with Crippen molar-refractivity contribution in [2.24, 2.45) is 0 Å². The Labute approximate surface area is 215 Å². The van der Waals surface area contributed by atoms with Crippen molar-refractivity contribution in [3.63, 3.8) is 0 Å². The fourth-order valence-electron chi connectivity index (χ4n) is 3.48. The molecule has 0 aliphatic rings. The van der Waals surface area contributed by atoms with Gasteiger partial charge in [0.2, 0.25) is 11.8 Å². The number of hydrogen-bond donors (Lipinski definition) is 1. The van der Waals surface area contributed by atoms with Crippen LogP contribution in [0.3, 0.4) is 0 Å². The fourth-order valence-corrected chi connectivity index (χ4v) is 5.23. The number of likely N-dealkylation sites (N-methyl/N-ethyl adjacent to an activating group) is 1. The van der Waals surface area contributed by atoms with Crippen LogP contribution in [0.1, 0.15) is 12.5 Å². The molecule has 0 aliphatic carbocycles. The van der Waals surface area contributed by atoms with Gasteiger partial charge in [0.1, 0.15) is 12.6 Å². The molecule has 0 radical (unpaired) electrons. The molecule has 35 heavy (non-hydrogen) atoms. The lowest BCUT2D eigenvalue weighted by Crippen LogP contribution is -2.50. The summed E-state index contributed by atoms with van der Waals surface area (Å²) in [6, 6.07) is 20.1. The number of amides is 2. The van der Waals surface area contributed by atoms with Gasteiger partial charge in [-0.3, -0.25) is 13.9 Å². The number of anilines is 1. The molecular weight excluding hydrogens is 509 g/mol. The Balaban J connectivity index is 2.00. The van der Waals surface area contributed by atoms with E-state index in [0.29, 0.717) is 21.3 Å². The lowest BCUT2D eigenvalue weighted by molar-refractivity contribution is -0.139. The minimum absolute atomic E-state index is 0.0145. The van der Waals surface area contributed by atoms with Crippen LogP contribution in [0.25, 0.3) is 0 Å². The topological polar surface area (TPSA) is 86.8 Å². The van der Waals surface area contributed by atoms with Gasteiger partial charge in [-0.05, 0) is 61.0 Å². The van der Waals surface area contributed by atoms with Gasteiger partial charge in [-0.1, -0.05) is 53.5 Å². The predicted molar refractivity (Wildman–Crippen MR) is 138 cm³/mol. The number of carbonyl (C=O) groups excluding carboxylic acids is 2. The molecule has 0 saturated carbocycles. The van der Waals surface area contributed by atoms with Crippen molar-refractivity contribution < 1.29 is 18.0 Å². The highest BCUT2D eigenvalue weighted by atomic mass is 35.5. The summed E-state index contributed by atoms with van der Waals surface area (Å²) < 4.78 is 28.2. The standard InChI is InChI=1S/C25H25Cl2N3O4S/c1-18(25(32)28-2)29(16-19-7-6-8-21(27)15-19)24(31)17-30(22-9-4-3-5-10-22)35(33,34)23-13-11-20(26)12-14-23/h3-15,18H,16-17H2,1-2H3,(H,28,32)/t18-/m0/s1. The highest BCUT2D eigenvalue weighted by molar-refractivity contribution is 7.92. The molecule has 3 aromatic rings. The van der Waals surface area contributed by atoms with E-state index in [2.05, 4.69) is 5.32 Å². The number of rotatable bonds is 9. The molecule has 0 heterocycles. The van der Waals surface area contributed by atoms with Crippen LogP contribution in [0.15, 0.2) is 83.8 Å². The average Bonchev–Trinajstić information content (AvgIpc) is 2.85. The van der Waals surface area contributed by atoms with Gasteiger partial charge in [-0.15, -0.1) is 0 Å². The zero-order chi connectivity index (χ0) is 25.6. The van der Waals surface area contributed by atoms with Gasteiger partial charge in [0, 0.05) is 23.6 Å². The number of hydrogen-bond acceptors (Lipinski definition) is 4. The Kier molecular flexibility index (Phi) is 8.77. The first-order valence-corrected chi connectivity index (χ1v) is 12.9.